The van der Waals surface area contributed by atoms with E-state index in [9.17, 15) is 13.2 Å². The van der Waals surface area contributed by atoms with Crippen LogP contribution in [-0.2, 0) is 6.18 Å². The van der Waals surface area contributed by atoms with Crippen LogP contribution in [-0.4, -0.2) is 17.0 Å². The Morgan fingerprint density at radius 2 is 1.70 bits per heavy atom. The van der Waals surface area contributed by atoms with Gasteiger partial charge in [0, 0.05) is 18.8 Å². The maximum atomic E-state index is 12.7. The third-order valence-electron chi connectivity index (χ3n) is 2.56. The van der Waals surface area contributed by atoms with Crippen molar-refractivity contribution in [3.63, 3.8) is 0 Å². The lowest BCUT2D eigenvalue weighted by Gasteiger charge is -2.11. The number of nitrogens with zero attached hydrogens (tertiary/aromatic N) is 2. The minimum atomic E-state index is -4.52. The van der Waals surface area contributed by atoms with E-state index in [1.165, 1.54) is 7.05 Å². The molecular weight excluding hydrogens is 269 g/mol. The number of rotatable bonds is 3. The van der Waals surface area contributed by atoms with E-state index in [1.807, 2.05) is 19.1 Å². The van der Waals surface area contributed by atoms with E-state index in [0.29, 0.717) is 5.69 Å². The molecule has 0 amide bonds. The van der Waals surface area contributed by atoms with E-state index in [4.69, 9.17) is 0 Å². The molecule has 0 saturated carbocycles. The zero-order chi connectivity index (χ0) is 14.8. The van der Waals surface area contributed by atoms with E-state index >= 15 is 0 Å². The number of nitrogens with one attached hydrogen (secondary N) is 2. The Morgan fingerprint density at radius 3 is 2.25 bits per heavy atom. The maximum Gasteiger partial charge on any atom is 0.433 e. The quantitative estimate of drug-likeness (QED) is 0.903. The molecule has 0 aliphatic carbocycles. The second kappa shape index (κ2) is 5.36. The number of aromatic nitrogens is 2. The summed E-state index contributed by atoms with van der Waals surface area (Å²) < 4.78 is 38.2. The van der Waals surface area contributed by atoms with Gasteiger partial charge >= 0.3 is 6.18 Å². The van der Waals surface area contributed by atoms with Crippen LogP contribution in [0.1, 0.15) is 11.3 Å². The van der Waals surface area contributed by atoms with Crippen molar-refractivity contribution in [2.24, 2.45) is 0 Å². The molecule has 0 radical (unpaired) electrons. The van der Waals surface area contributed by atoms with Crippen molar-refractivity contribution in [3.05, 3.63) is 41.6 Å². The normalized spacial score (nSPS) is 11.2. The molecule has 2 rings (SSSR count). The Bertz CT molecular complexity index is 594. The fourth-order valence-electron chi connectivity index (χ4n) is 1.55. The lowest BCUT2D eigenvalue weighted by Crippen LogP contribution is -2.12. The van der Waals surface area contributed by atoms with Crippen molar-refractivity contribution < 1.29 is 13.2 Å². The summed E-state index contributed by atoms with van der Waals surface area (Å²) in [6, 6.07) is 8.12. The van der Waals surface area contributed by atoms with Crippen LogP contribution in [0.15, 0.2) is 30.3 Å². The first-order valence-corrected chi connectivity index (χ1v) is 5.86. The molecule has 20 heavy (non-hydrogen) atoms. The van der Waals surface area contributed by atoms with Gasteiger partial charge in [-0.25, -0.2) is 4.98 Å². The molecule has 0 aliphatic heterocycles. The molecule has 0 saturated heterocycles. The Balaban J connectivity index is 2.33. The molecule has 2 N–H and O–H groups in total. The summed E-state index contributed by atoms with van der Waals surface area (Å²) in [7, 11) is 1.46. The Morgan fingerprint density at radius 1 is 1.05 bits per heavy atom. The second-order valence-corrected chi connectivity index (χ2v) is 4.20. The van der Waals surface area contributed by atoms with Gasteiger partial charge in [0.15, 0.2) is 5.69 Å². The molecule has 2 aromatic rings. The highest BCUT2D eigenvalue weighted by molar-refractivity contribution is 5.58. The SMILES string of the molecule is CNc1nc(Nc2ccc(C)cc2)cc(C(F)(F)F)n1. The smallest absolute Gasteiger partial charge is 0.357 e. The molecule has 1 aromatic heterocycles. The summed E-state index contributed by atoms with van der Waals surface area (Å²) in [6.45, 7) is 1.93. The number of aryl methyl sites for hydroxylation is 1. The summed E-state index contributed by atoms with van der Waals surface area (Å²) in [5.41, 5.74) is 0.723. The molecular formula is C13H13F3N4. The van der Waals surface area contributed by atoms with Gasteiger partial charge in [-0.15, -0.1) is 0 Å². The molecule has 1 heterocycles. The van der Waals surface area contributed by atoms with Crippen LogP contribution in [0.2, 0.25) is 0 Å². The molecule has 7 heteroatoms. The van der Waals surface area contributed by atoms with Gasteiger partial charge in [-0.05, 0) is 19.1 Å². The van der Waals surface area contributed by atoms with Crippen LogP contribution in [0.5, 0.6) is 0 Å². The summed E-state index contributed by atoms with van der Waals surface area (Å²) in [4.78, 5) is 7.34. The minimum absolute atomic E-state index is 0.0838. The van der Waals surface area contributed by atoms with E-state index in [2.05, 4.69) is 20.6 Å². The Kier molecular flexibility index (Phi) is 3.78. The molecule has 0 bridgehead atoms. The predicted molar refractivity (Wildman–Crippen MR) is 71.0 cm³/mol. The number of benzene rings is 1. The molecule has 4 nitrogen and oxygen atoms in total. The van der Waals surface area contributed by atoms with Crippen molar-refractivity contribution in [2.75, 3.05) is 17.7 Å². The van der Waals surface area contributed by atoms with Gasteiger partial charge in [-0.2, -0.15) is 18.2 Å². The number of hydrogen-bond donors (Lipinski definition) is 2. The van der Waals surface area contributed by atoms with Crippen molar-refractivity contribution >= 4 is 17.5 Å². The van der Waals surface area contributed by atoms with Crippen LogP contribution in [0.25, 0.3) is 0 Å². The number of hydrogen-bond acceptors (Lipinski definition) is 4. The first-order valence-electron chi connectivity index (χ1n) is 5.86. The second-order valence-electron chi connectivity index (χ2n) is 4.20. The third kappa shape index (κ3) is 3.37. The number of anilines is 3. The number of halogens is 3. The Hall–Kier alpha value is -2.31. The third-order valence-corrected chi connectivity index (χ3v) is 2.56. The van der Waals surface area contributed by atoms with E-state index < -0.39 is 11.9 Å². The molecule has 0 atom stereocenters. The van der Waals surface area contributed by atoms with Gasteiger partial charge in [0.2, 0.25) is 5.95 Å². The van der Waals surface area contributed by atoms with Crippen LogP contribution < -0.4 is 10.6 Å². The predicted octanol–water partition coefficient (Wildman–Crippen LogP) is 3.59. The van der Waals surface area contributed by atoms with Gasteiger partial charge < -0.3 is 10.6 Å². The zero-order valence-corrected chi connectivity index (χ0v) is 10.9. The summed E-state index contributed by atoms with van der Waals surface area (Å²) >= 11 is 0. The average Bonchev–Trinajstić information content (AvgIpc) is 2.40. The maximum absolute atomic E-state index is 12.7. The first-order chi connectivity index (χ1) is 9.38. The molecule has 0 spiro atoms. The number of alkyl halides is 3. The highest BCUT2D eigenvalue weighted by Gasteiger charge is 2.33. The molecule has 0 aliphatic rings. The van der Waals surface area contributed by atoms with Crippen molar-refractivity contribution in [1.29, 1.82) is 0 Å². The van der Waals surface area contributed by atoms with Crippen LogP contribution in [0.3, 0.4) is 0 Å². The lowest BCUT2D eigenvalue weighted by atomic mass is 10.2. The summed E-state index contributed by atoms with van der Waals surface area (Å²) in [5, 5.41) is 5.34. The van der Waals surface area contributed by atoms with Crippen LogP contribution >= 0.6 is 0 Å². The van der Waals surface area contributed by atoms with Crippen molar-refractivity contribution in [1.82, 2.24) is 9.97 Å². The molecule has 0 fully saturated rings. The highest BCUT2D eigenvalue weighted by atomic mass is 19.4. The van der Waals surface area contributed by atoms with Gasteiger partial charge in [-0.1, -0.05) is 17.7 Å². The van der Waals surface area contributed by atoms with E-state index in [-0.39, 0.29) is 11.8 Å². The summed E-state index contributed by atoms with van der Waals surface area (Å²) in [6.07, 6.45) is -4.52. The molecule has 1 aromatic carbocycles. The van der Waals surface area contributed by atoms with Crippen molar-refractivity contribution in [3.8, 4) is 0 Å². The van der Waals surface area contributed by atoms with Crippen molar-refractivity contribution in [2.45, 2.75) is 13.1 Å². The average molecular weight is 282 g/mol. The fourth-order valence-corrected chi connectivity index (χ4v) is 1.55. The lowest BCUT2D eigenvalue weighted by molar-refractivity contribution is -0.141. The van der Waals surface area contributed by atoms with E-state index in [0.717, 1.165) is 11.6 Å². The highest BCUT2D eigenvalue weighted by Crippen LogP contribution is 2.30. The monoisotopic (exact) mass is 282 g/mol. The van der Waals surface area contributed by atoms with Gasteiger partial charge in [-0.3, -0.25) is 0 Å². The molecule has 106 valence electrons. The zero-order valence-electron chi connectivity index (χ0n) is 10.9. The minimum Gasteiger partial charge on any atom is -0.357 e. The van der Waals surface area contributed by atoms with Crippen LogP contribution in [0.4, 0.5) is 30.6 Å². The van der Waals surface area contributed by atoms with Crippen LogP contribution in [0, 0.1) is 6.92 Å². The topological polar surface area (TPSA) is 49.8 Å². The molecule has 0 unspecified atom stereocenters. The van der Waals surface area contributed by atoms with Gasteiger partial charge in [0.05, 0.1) is 0 Å². The van der Waals surface area contributed by atoms with E-state index in [1.54, 1.807) is 12.1 Å². The largest absolute Gasteiger partial charge is 0.433 e. The van der Waals surface area contributed by atoms with Gasteiger partial charge in [0.25, 0.3) is 0 Å². The first kappa shape index (κ1) is 14.1. The standard InChI is InChI=1S/C13H13F3N4/c1-8-3-5-9(6-4-8)18-11-7-10(13(14,15)16)19-12(17-2)20-11/h3-7H,1-2H3,(H2,17,18,19,20). The Labute approximate surface area is 114 Å². The fraction of sp³-hybridized carbons (Fsp3) is 0.231. The summed E-state index contributed by atoms with van der Waals surface area (Å²) in [5.74, 6) is -0.00466. The van der Waals surface area contributed by atoms with Gasteiger partial charge in [0.1, 0.15) is 5.82 Å².